The van der Waals surface area contributed by atoms with E-state index in [-0.39, 0.29) is 23.6 Å². The summed E-state index contributed by atoms with van der Waals surface area (Å²) >= 11 is 1.27. The Morgan fingerprint density at radius 1 is 1.14 bits per heavy atom. The highest BCUT2D eigenvalue weighted by Gasteiger charge is 2.19. The Hall–Kier alpha value is -3.20. The van der Waals surface area contributed by atoms with Crippen LogP contribution in [0.15, 0.2) is 53.8 Å². The van der Waals surface area contributed by atoms with E-state index in [0.29, 0.717) is 22.4 Å². The Bertz CT molecular complexity index is 988. The summed E-state index contributed by atoms with van der Waals surface area (Å²) in [4.78, 5) is 28.6. The van der Waals surface area contributed by atoms with Gasteiger partial charge in [0.2, 0.25) is 5.91 Å². The van der Waals surface area contributed by atoms with E-state index >= 15 is 0 Å². The fraction of sp³-hybridized carbons (Fsp3) is 0.250. The number of pyridine rings is 1. The van der Waals surface area contributed by atoms with Gasteiger partial charge in [0, 0.05) is 18.8 Å². The summed E-state index contributed by atoms with van der Waals surface area (Å²) in [7, 11) is 1.81. The first-order valence-corrected chi connectivity index (χ1v) is 10.0. The van der Waals surface area contributed by atoms with Gasteiger partial charge in [-0.15, -0.1) is 10.2 Å². The van der Waals surface area contributed by atoms with Crippen LogP contribution in [0.3, 0.4) is 0 Å². The van der Waals surface area contributed by atoms with Gasteiger partial charge in [0.1, 0.15) is 5.82 Å². The summed E-state index contributed by atoms with van der Waals surface area (Å²) in [6, 6.07) is 12.3. The zero-order valence-electron chi connectivity index (χ0n) is 16.4. The number of hydrogen-bond acceptors (Lipinski definition) is 6. The molecule has 0 aliphatic carbocycles. The molecule has 8 nitrogen and oxygen atoms in total. The van der Waals surface area contributed by atoms with Crippen molar-refractivity contribution in [3.05, 3.63) is 65.6 Å². The van der Waals surface area contributed by atoms with Crippen molar-refractivity contribution in [3.63, 3.8) is 0 Å². The van der Waals surface area contributed by atoms with E-state index in [2.05, 4.69) is 25.8 Å². The van der Waals surface area contributed by atoms with Crippen LogP contribution in [0.2, 0.25) is 0 Å². The van der Waals surface area contributed by atoms with Gasteiger partial charge < -0.3 is 15.2 Å². The van der Waals surface area contributed by atoms with Crippen LogP contribution in [-0.2, 0) is 11.8 Å². The molecule has 0 aliphatic rings. The van der Waals surface area contributed by atoms with Crippen molar-refractivity contribution < 1.29 is 9.59 Å². The van der Waals surface area contributed by atoms with Gasteiger partial charge in [-0.1, -0.05) is 35.5 Å². The SMILES string of the molecule is Cc1ccc(C(=O)N[C@@H](C)c2nnc(SCC(=O)Nc3ccccn3)n2C)cc1. The first-order chi connectivity index (χ1) is 13.9. The standard InChI is InChI=1S/C20H22N6O2S/c1-13-7-9-15(10-8-13)19(28)22-14(2)18-24-25-20(26(18)3)29-12-17(27)23-16-6-4-5-11-21-16/h4-11,14H,12H2,1-3H3,(H,22,28)(H,21,23,27)/t14-/m0/s1. The second kappa shape index (κ2) is 9.33. The third kappa shape index (κ3) is 5.41. The lowest BCUT2D eigenvalue weighted by Gasteiger charge is -2.13. The van der Waals surface area contributed by atoms with E-state index < -0.39 is 0 Å². The van der Waals surface area contributed by atoms with Gasteiger partial charge in [-0.25, -0.2) is 4.98 Å². The fourth-order valence-electron chi connectivity index (χ4n) is 2.62. The van der Waals surface area contributed by atoms with Crippen LogP contribution in [-0.4, -0.2) is 37.3 Å². The van der Waals surface area contributed by atoms with E-state index in [4.69, 9.17) is 0 Å². The quantitative estimate of drug-likeness (QED) is 0.581. The number of nitrogens with one attached hydrogen (secondary N) is 2. The van der Waals surface area contributed by atoms with E-state index in [1.54, 1.807) is 41.1 Å². The van der Waals surface area contributed by atoms with Gasteiger partial charge in [0.05, 0.1) is 11.8 Å². The molecule has 2 aromatic heterocycles. The van der Waals surface area contributed by atoms with Crippen molar-refractivity contribution in [1.82, 2.24) is 25.1 Å². The molecule has 0 spiro atoms. The lowest BCUT2D eigenvalue weighted by Crippen LogP contribution is -2.28. The van der Waals surface area contributed by atoms with Crippen LogP contribution in [0.4, 0.5) is 5.82 Å². The summed E-state index contributed by atoms with van der Waals surface area (Å²) in [6.07, 6.45) is 1.62. The first kappa shape index (κ1) is 20.5. The average molecular weight is 411 g/mol. The van der Waals surface area contributed by atoms with Gasteiger partial charge in [-0.3, -0.25) is 9.59 Å². The zero-order valence-corrected chi connectivity index (χ0v) is 17.2. The molecule has 0 saturated carbocycles. The predicted molar refractivity (Wildman–Crippen MR) is 112 cm³/mol. The molecule has 0 radical (unpaired) electrons. The maximum Gasteiger partial charge on any atom is 0.251 e. The molecule has 1 aromatic carbocycles. The number of aromatic nitrogens is 4. The summed E-state index contributed by atoms with van der Waals surface area (Å²) < 4.78 is 1.78. The van der Waals surface area contributed by atoms with E-state index in [9.17, 15) is 9.59 Å². The van der Waals surface area contributed by atoms with Crippen LogP contribution in [0, 0.1) is 6.92 Å². The number of aryl methyl sites for hydroxylation is 1. The molecule has 2 heterocycles. The summed E-state index contributed by atoms with van der Waals surface area (Å²) in [5.41, 5.74) is 1.68. The molecule has 1 atom stereocenters. The van der Waals surface area contributed by atoms with E-state index in [0.717, 1.165) is 5.56 Å². The van der Waals surface area contributed by atoms with Crippen molar-refractivity contribution in [2.24, 2.45) is 7.05 Å². The minimum Gasteiger partial charge on any atom is -0.342 e. The molecular formula is C20H22N6O2S. The Morgan fingerprint density at radius 2 is 1.90 bits per heavy atom. The van der Waals surface area contributed by atoms with Crippen molar-refractivity contribution >= 4 is 29.4 Å². The van der Waals surface area contributed by atoms with E-state index in [1.807, 2.05) is 33.0 Å². The Labute approximate surface area is 173 Å². The number of hydrogen-bond donors (Lipinski definition) is 2. The molecule has 0 bridgehead atoms. The Morgan fingerprint density at radius 3 is 2.59 bits per heavy atom. The van der Waals surface area contributed by atoms with E-state index in [1.165, 1.54) is 11.8 Å². The van der Waals surface area contributed by atoms with Crippen LogP contribution >= 0.6 is 11.8 Å². The van der Waals surface area contributed by atoms with Gasteiger partial charge in [-0.2, -0.15) is 0 Å². The lowest BCUT2D eigenvalue weighted by atomic mass is 10.1. The van der Waals surface area contributed by atoms with Crippen molar-refractivity contribution in [2.45, 2.75) is 25.0 Å². The predicted octanol–water partition coefficient (Wildman–Crippen LogP) is 2.74. The molecule has 3 aromatic rings. The maximum atomic E-state index is 12.4. The number of thioether (sulfide) groups is 1. The van der Waals surface area contributed by atoms with Gasteiger partial charge in [0.15, 0.2) is 11.0 Å². The fourth-order valence-corrected chi connectivity index (χ4v) is 3.34. The molecule has 9 heteroatoms. The Kier molecular flexibility index (Phi) is 6.61. The second-order valence-electron chi connectivity index (χ2n) is 6.51. The second-order valence-corrected chi connectivity index (χ2v) is 7.46. The number of amides is 2. The molecule has 0 aliphatic heterocycles. The lowest BCUT2D eigenvalue weighted by molar-refractivity contribution is -0.113. The number of anilines is 1. The van der Waals surface area contributed by atoms with Gasteiger partial charge >= 0.3 is 0 Å². The zero-order chi connectivity index (χ0) is 20.8. The molecule has 29 heavy (non-hydrogen) atoms. The molecule has 2 amide bonds. The van der Waals surface area contributed by atoms with Gasteiger partial charge in [-0.05, 0) is 38.1 Å². The molecule has 2 N–H and O–H groups in total. The van der Waals surface area contributed by atoms with Crippen molar-refractivity contribution in [1.29, 1.82) is 0 Å². The molecule has 3 rings (SSSR count). The topological polar surface area (TPSA) is 102 Å². The van der Waals surface area contributed by atoms with Crippen LogP contribution in [0.1, 0.15) is 34.7 Å². The van der Waals surface area contributed by atoms with Crippen LogP contribution in [0.5, 0.6) is 0 Å². The third-order valence-corrected chi connectivity index (χ3v) is 5.20. The number of carbonyl (C=O) groups excluding carboxylic acids is 2. The third-order valence-electron chi connectivity index (χ3n) is 4.18. The van der Waals surface area contributed by atoms with Crippen molar-refractivity contribution in [2.75, 3.05) is 11.1 Å². The minimum atomic E-state index is -0.335. The summed E-state index contributed by atoms with van der Waals surface area (Å²) in [5, 5.41) is 14.5. The number of rotatable bonds is 7. The molecule has 0 fully saturated rings. The van der Waals surface area contributed by atoms with Crippen LogP contribution in [0.25, 0.3) is 0 Å². The van der Waals surface area contributed by atoms with Crippen molar-refractivity contribution in [3.8, 4) is 0 Å². The highest BCUT2D eigenvalue weighted by Crippen LogP contribution is 2.19. The molecular weight excluding hydrogens is 388 g/mol. The smallest absolute Gasteiger partial charge is 0.251 e. The normalized spacial score (nSPS) is 11.7. The largest absolute Gasteiger partial charge is 0.342 e. The summed E-state index contributed by atoms with van der Waals surface area (Å²) in [5.74, 6) is 0.929. The molecule has 0 unspecified atom stereocenters. The highest BCUT2D eigenvalue weighted by atomic mass is 32.2. The summed E-state index contributed by atoms with van der Waals surface area (Å²) in [6.45, 7) is 3.82. The maximum absolute atomic E-state index is 12.4. The van der Waals surface area contributed by atoms with Gasteiger partial charge in [0.25, 0.3) is 5.91 Å². The Balaban J connectivity index is 1.57. The monoisotopic (exact) mass is 410 g/mol. The van der Waals surface area contributed by atoms with Crippen LogP contribution < -0.4 is 10.6 Å². The average Bonchev–Trinajstić information content (AvgIpc) is 3.08. The number of nitrogens with zero attached hydrogens (tertiary/aromatic N) is 4. The number of benzene rings is 1. The first-order valence-electron chi connectivity index (χ1n) is 9.04. The molecule has 0 saturated heterocycles. The number of carbonyl (C=O) groups is 2. The highest BCUT2D eigenvalue weighted by molar-refractivity contribution is 7.99. The molecule has 150 valence electrons. The minimum absolute atomic E-state index is 0.173.